The molecule has 0 radical (unpaired) electrons. The number of rotatable bonds is 8. The first-order valence-electron chi connectivity index (χ1n) is 10.6. The van der Waals surface area contributed by atoms with Gasteiger partial charge in [-0.3, -0.25) is 14.3 Å². The van der Waals surface area contributed by atoms with E-state index >= 15 is 0 Å². The molecule has 1 aliphatic rings. The fraction of sp³-hybridized carbons (Fsp3) is 0.364. The number of methoxy groups -OCH3 is 1. The van der Waals surface area contributed by atoms with Crippen molar-refractivity contribution in [3.63, 3.8) is 0 Å². The highest BCUT2D eigenvalue weighted by Crippen LogP contribution is 2.21. The van der Waals surface area contributed by atoms with E-state index in [1.54, 1.807) is 24.3 Å². The number of aromatic nitrogens is 2. The molecule has 1 saturated heterocycles. The molecule has 10 nitrogen and oxygen atoms in total. The standard InChI is InChI=1S/C22H26N4O6S/c1-31-17-6-8-18(9-7-17)33(29,30)26-20-5-3-2-4-19(20)25(22(26)28)16-21(27)23-10-11-24-12-14-32-15-13-24/h2-9H,10-16H2,1H3,(H,23,27). The number of morpholine rings is 1. The van der Waals surface area contributed by atoms with Crippen molar-refractivity contribution >= 4 is 27.0 Å². The molecule has 4 rings (SSSR count). The lowest BCUT2D eigenvalue weighted by molar-refractivity contribution is -0.121. The van der Waals surface area contributed by atoms with Gasteiger partial charge in [-0.1, -0.05) is 12.1 Å². The Hall–Kier alpha value is -3.15. The summed E-state index contributed by atoms with van der Waals surface area (Å²) >= 11 is 0. The molecular weight excluding hydrogens is 448 g/mol. The highest BCUT2D eigenvalue weighted by Gasteiger charge is 2.26. The smallest absolute Gasteiger partial charge is 0.343 e. The minimum Gasteiger partial charge on any atom is -0.497 e. The SMILES string of the molecule is COc1ccc(S(=O)(=O)n2c(=O)n(CC(=O)NCCN3CCOCC3)c3ccccc32)cc1. The van der Waals surface area contributed by atoms with Gasteiger partial charge in [-0.15, -0.1) is 0 Å². The number of imidazole rings is 1. The number of nitrogens with zero attached hydrogens (tertiary/aromatic N) is 3. The molecule has 0 aliphatic carbocycles. The summed E-state index contributed by atoms with van der Waals surface area (Å²) < 4.78 is 38.9. The second-order valence-electron chi connectivity index (χ2n) is 7.61. The van der Waals surface area contributed by atoms with Crippen LogP contribution in [0.25, 0.3) is 11.0 Å². The lowest BCUT2D eigenvalue weighted by Gasteiger charge is -2.26. The van der Waals surface area contributed by atoms with Gasteiger partial charge in [0.2, 0.25) is 5.91 Å². The van der Waals surface area contributed by atoms with E-state index in [0.29, 0.717) is 37.6 Å². The first-order chi connectivity index (χ1) is 15.9. The number of fused-ring (bicyclic) bond motifs is 1. The van der Waals surface area contributed by atoms with E-state index in [4.69, 9.17) is 9.47 Å². The predicted octanol–water partition coefficient (Wildman–Crippen LogP) is 0.497. The van der Waals surface area contributed by atoms with E-state index in [1.807, 2.05) is 0 Å². The monoisotopic (exact) mass is 474 g/mol. The number of benzene rings is 2. The Morgan fingerprint density at radius 3 is 2.39 bits per heavy atom. The second-order valence-corrected chi connectivity index (χ2v) is 9.39. The maximum atomic E-state index is 13.3. The van der Waals surface area contributed by atoms with E-state index in [2.05, 4.69) is 10.2 Å². The molecule has 2 heterocycles. The summed E-state index contributed by atoms with van der Waals surface area (Å²) in [6.45, 7) is 3.79. The lowest BCUT2D eigenvalue weighted by Crippen LogP contribution is -2.42. The van der Waals surface area contributed by atoms with Gasteiger partial charge in [0.25, 0.3) is 10.0 Å². The molecule has 11 heteroatoms. The van der Waals surface area contributed by atoms with Crippen LogP contribution < -0.4 is 15.7 Å². The van der Waals surface area contributed by atoms with E-state index in [1.165, 1.54) is 35.9 Å². The van der Waals surface area contributed by atoms with Crippen molar-refractivity contribution in [1.29, 1.82) is 0 Å². The van der Waals surface area contributed by atoms with Crippen molar-refractivity contribution in [3.8, 4) is 5.75 Å². The molecule has 176 valence electrons. The highest BCUT2D eigenvalue weighted by molar-refractivity contribution is 7.90. The minimum absolute atomic E-state index is 0.0525. The molecule has 1 amide bonds. The van der Waals surface area contributed by atoms with Crippen molar-refractivity contribution < 1.29 is 22.7 Å². The van der Waals surface area contributed by atoms with Crippen molar-refractivity contribution in [1.82, 2.24) is 18.8 Å². The van der Waals surface area contributed by atoms with Crippen LogP contribution in [0.4, 0.5) is 0 Å². The number of hydrogen-bond donors (Lipinski definition) is 1. The Kier molecular flexibility index (Phi) is 6.82. The molecule has 0 bridgehead atoms. The molecule has 1 aromatic heterocycles. The van der Waals surface area contributed by atoms with Crippen LogP contribution in [0, 0.1) is 0 Å². The Morgan fingerprint density at radius 2 is 1.73 bits per heavy atom. The maximum Gasteiger partial charge on any atom is 0.343 e. The molecule has 0 atom stereocenters. The van der Waals surface area contributed by atoms with Gasteiger partial charge in [0.1, 0.15) is 12.3 Å². The zero-order valence-corrected chi connectivity index (χ0v) is 19.1. The van der Waals surface area contributed by atoms with Gasteiger partial charge >= 0.3 is 5.69 Å². The van der Waals surface area contributed by atoms with E-state index in [9.17, 15) is 18.0 Å². The molecule has 2 aromatic carbocycles. The Balaban J connectivity index is 1.59. The molecule has 1 aliphatic heterocycles. The summed E-state index contributed by atoms with van der Waals surface area (Å²) in [6, 6.07) is 12.3. The summed E-state index contributed by atoms with van der Waals surface area (Å²) in [4.78, 5) is 27.9. The van der Waals surface area contributed by atoms with Crippen LogP contribution in [0.3, 0.4) is 0 Å². The first-order valence-corrected chi connectivity index (χ1v) is 12.0. The quantitative estimate of drug-likeness (QED) is 0.506. The van der Waals surface area contributed by atoms with Crippen LogP contribution in [0.1, 0.15) is 0 Å². The lowest BCUT2D eigenvalue weighted by atomic mass is 10.3. The zero-order chi connectivity index (χ0) is 23.4. The summed E-state index contributed by atoms with van der Waals surface area (Å²) in [6.07, 6.45) is 0. The molecule has 3 aromatic rings. The molecule has 0 spiro atoms. The van der Waals surface area contributed by atoms with Gasteiger partial charge in [-0.05, 0) is 36.4 Å². The average Bonchev–Trinajstić information content (AvgIpc) is 3.11. The van der Waals surface area contributed by atoms with Gasteiger partial charge < -0.3 is 14.8 Å². The van der Waals surface area contributed by atoms with Gasteiger partial charge in [0.05, 0.1) is 36.3 Å². The van der Waals surface area contributed by atoms with Gasteiger partial charge in [-0.2, -0.15) is 3.97 Å². The van der Waals surface area contributed by atoms with Crippen LogP contribution in [0.5, 0.6) is 5.75 Å². The molecule has 33 heavy (non-hydrogen) atoms. The third-order valence-electron chi connectivity index (χ3n) is 5.55. The summed E-state index contributed by atoms with van der Waals surface area (Å²) in [5.41, 5.74) is -0.224. The van der Waals surface area contributed by atoms with Gasteiger partial charge in [0, 0.05) is 26.2 Å². The summed E-state index contributed by atoms with van der Waals surface area (Å²) in [7, 11) is -2.71. The van der Waals surface area contributed by atoms with Crippen LogP contribution in [-0.2, 0) is 26.1 Å². The van der Waals surface area contributed by atoms with Crippen molar-refractivity contribution in [2.24, 2.45) is 0 Å². The Labute approximate surface area is 191 Å². The third-order valence-corrected chi connectivity index (χ3v) is 7.25. The van der Waals surface area contributed by atoms with Crippen molar-refractivity contribution in [3.05, 3.63) is 59.0 Å². The molecule has 0 unspecified atom stereocenters. The highest BCUT2D eigenvalue weighted by atomic mass is 32.2. The van der Waals surface area contributed by atoms with Crippen molar-refractivity contribution in [2.75, 3.05) is 46.5 Å². The first kappa shape index (κ1) is 23.0. The van der Waals surface area contributed by atoms with Crippen LogP contribution in [-0.4, -0.2) is 74.3 Å². The number of carbonyl (C=O) groups is 1. The Morgan fingerprint density at radius 1 is 1.06 bits per heavy atom. The minimum atomic E-state index is -4.19. The van der Waals surface area contributed by atoms with E-state index < -0.39 is 15.7 Å². The number of amides is 1. The average molecular weight is 475 g/mol. The van der Waals surface area contributed by atoms with Crippen LogP contribution in [0.15, 0.2) is 58.2 Å². The predicted molar refractivity (Wildman–Crippen MR) is 122 cm³/mol. The number of nitrogens with one attached hydrogen (secondary N) is 1. The van der Waals surface area contributed by atoms with Crippen LogP contribution in [0.2, 0.25) is 0 Å². The number of hydrogen-bond acceptors (Lipinski definition) is 7. The summed E-state index contributed by atoms with van der Waals surface area (Å²) in [5.74, 6) is 0.132. The topological polar surface area (TPSA) is 112 Å². The normalized spacial score (nSPS) is 14.9. The van der Waals surface area contributed by atoms with E-state index in [-0.39, 0.29) is 22.9 Å². The maximum absolute atomic E-state index is 13.3. The molecule has 1 N–H and O–H groups in total. The fourth-order valence-corrected chi connectivity index (χ4v) is 5.20. The van der Waals surface area contributed by atoms with E-state index in [0.717, 1.165) is 17.1 Å². The molecular formula is C22H26N4O6S. The third kappa shape index (κ3) is 4.80. The number of carbonyl (C=O) groups excluding carboxylic acids is 1. The Bertz CT molecular complexity index is 1290. The number of ether oxygens (including phenoxy) is 2. The molecule has 0 saturated carbocycles. The van der Waals surface area contributed by atoms with Gasteiger partial charge in [-0.25, -0.2) is 13.2 Å². The second kappa shape index (κ2) is 9.77. The summed E-state index contributed by atoms with van der Waals surface area (Å²) in [5, 5.41) is 2.81. The van der Waals surface area contributed by atoms with Gasteiger partial charge in [0.15, 0.2) is 0 Å². The van der Waals surface area contributed by atoms with Crippen molar-refractivity contribution in [2.45, 2.75) is 11.4 Å². The molecule has 1 fully saturated rings. The van der Waals surface area contributed by atoms with Crippen LogP contribution >= 0.6 is 0 Å². The zero-order valence-electron chi connectivity index (χ0n) is 18.3. The number of para-hydroxylation sites is 2. The largest absolute Gasteiger partial charge is 0.497 e. The fourth-order valence-electron chi connectivity index (χ4n) is 3.80.